The highest BCUT2D eigenvalue weighted by Gasteiger charge is 2.18. The van der Waals surface area contributed by atoms with Gasteiger partial charge in [-0.25, -0.2) is 0 Å². The molecule has 1 unspecified atom stereocenters. The second kappa shape index (κ2) is 5.50. The van der Waals surface area contributed by atoms with Gasteiger partial charge in [0.1, 0.15) is 6.10 Å². The molecule has 0 radical (unpaired) electrons. The third kappa shape index (κ3) is 2.81. The van der Waals surface area contributed by atoms with Crippen LogP contribution < -0.4 is 0 Å². The maximum Gasteiger partial charge on any atom is 0.390 e. The molecule has 0 amide bonds. The van der Waals surface area contributed by atoms with Gasteiger partial charge in [0.15, 0.2) is 0 Å². The van der Waals surface area contributed by atoms with Gasteiger partial charge in [-0.05, 0) is 29.5 Å². The van der Waals surface area contributed by atoms with Crippen molar-refractivity contribution >= 4 is 5.82 Å². The number of nitro groups is 1. The molecular formula is C13H12N4O3. The van der Waals surface area contributed by atoms with E-state index in [0.717, 1.165) is 0 Å². The van der Waals surface area contributed by atoms with Crippen LogP contribution in [0.4, 0.5) is 5.82 Å². The monoisotopic (exact) mass is 272 g/mol. The predicted molar refractivity (Wildman–Crippen MR) is 69.7 cm³/mol. The van der Waals surface area contributed by atoms with Crippen molar-refractivity contribution < 1.29 is 10.0 Å². The number of aromatic nitrogens is 2. The lowest BCUT2D eigenvalue weighted by Gasteiger charge is -2.10. The molecule has 7 nitrogen and oxygen atoms in total. The molecule has 1 aromatic carbocycles. The maximum atomic E-state index is 10.6. The number of aliphatic hydroxyl groups excluding tert-OH is 1. The Morgan fingerprint density at radius 2 is 2.15 bits per heavy atom. The Bertz CT molecular complexity index is 670. The molecular weight excluding hydrogens is 260 g/mol. The lowest BCUT2D eigenvalue weighted by molar-refractivity contribution is -0.389. The molecule has 1 heterocycles. The Balaban J connectivity index is 2.16. The number of aliphatic hydroxyl groups is 1. The van der Waals surface area contributed by atoms with Crippen LogP contribution in [0.15, 0.2) is 30.3 Å². The minimum absolute atomic E-state index is 0.117. The first-order valence-electron chi connectivity index (χ1n) is 5.88. The maximum absolute atomic E-state index is 10.6. The Kier molecular flexibility index (Phi) is 3.77. The van der Waals surface area contributed by atoms with Gasteiger partial charge in [0.05, 0.1) is 35.0 Å². The van der Waals surface area contributed by atoms with Crippen molar-refractivity contribution in [3.63, 3.8) is 0 Å². The Morgan fingerprint density at radius 3 is 2.65 bits per heavy atom. The van der Waals surface area contributed by atoms with Gasteiger partial charge >= 0.3 is 5.82 Å². The van der Waals surface area contributed by atoms with E-state index in [1.54, 1.807) is 31.2 Å². The number of benzene rings is 1. The summed E-state index contributed by atoms with van der Waals surface area (Å²) in [6.45, 7) is 1.80. The lowest BCUT2D eigenvalue weighted by atomic mass is 10.1. The number of nitriles is 1. The summed E-state index contributed by atoms with van der Waals surface area (Å²) < 4.78 is 1.39. The molecule has 1 N–H and O–H groups in total. The zero-order valence-corrected chi connectivity index (χ0v) is 10.7. The Labute approximate surface area is 114 Å². The third-order valence-corrected chi connectivity index (χ3v) is 2.93. The van der Waals surface area contributed by atoms with Crippen molar-refractivity contribution in [2.24, 2.45) is 0 Å². The molecule has 1 aromatic heterocycles. The standard InChI is InChI=1S/C13H12N4O3/c1-9-6-13(17(19)20)15-16(9)8-12(18)11-4-2-10(7-14)3-5-11/h2-6,12,18H,8H2,1H3. The van der Waals surface area contributed by atoms with E-state index in [-0.39, 0.29) is 12.4 Å². The number of rotatable bonds is 4. The molecule has 0 aliphatic carbocycles. The second-order valence-electron chi connectivity index (χ2n) is 4.33. The fourth-order valence-corrected chi connectivity index (χ4v) is 1.82. The van der Waals surface area contributed by atoms with Gasteiger partial charge in [0.2, 0.25) is 0 Å². The molecule has 0 saturated heterocycles. The quantitative estimate of drug-likeness (QED) is 0.673. The third-order valence-electron chi connectivity index (χ3n) is 2.93. The average Bonchev–Trinajstić information content (AvgIpc) is 2.80. The number of nitrogens with zero attached hydrogens (tertiary/aromatic N) is 4. The molecule has 102 valence electrons. The van der Waals surface area contributed by atoms with Gasteiger partial charge in [-0.15, -0.1) is 0 Å². The average molecular weight is 272 g/mol. The minimum atomic E-state index is -0.846. The SMILES string of the molecule is Cc1cc([N+](=O)[O-])nn1CC(O)c1ccc(C#N)cc1. The first-order chi connectivity index (χ1) is 9.51. The molecule has 2 aromatic rings. The fourth-order valence-electron chi connectivity index (χ4n) is 1.82. The fraction of sp³-hybridized carbons (Fsp3) is 0.231. The zero-order chi connectivity index (χ0) is 14.7. The molecule has 0 aliphatic heterocycles. The summed E-state index contributed by atoms with van der Waals surface area (Å²) in [6, 6.07) is 9.86. The number of hydrogen-bond donors (Lipinski definition) is 1. The second-order valence-corrected chi connectivity index (χ2v) is 4.33. The highest BCUT2D eigenvalue weighted by molar-refractivity contribution is 5.32. The Morgan fingerprint density at radius 1 is 1.50 bits per heavy atom. The van der Waals surface area contributed by atoms with Gasteiger partial charge in [-0.1, -0.05) is 12.1 Å². The summed E-state index contributed by atoms with van der Waals surface area (Å²) in [6.07, 6.45) is -0.846. The highest BCUT2D eigenvalue weighted by Crippen LogP contribution is 2.18. The van der Waals surface area contributed by atoms with Crippen molar-refractivity contribution in [2.75, 3.05) is 0 Å². The van der Waals surface area contributed by atoms with Gasteiger partial charge in [-0.3, -0.25) is 0 Å². The van der Waals surface area contributed by atoms with Crippen LogP contribution in [0.1, 0.15) is 22.9 Å². The van der Waals surface area contributed by atoms with E-state index >= 15 is 0 Å². The van der Waals surface area contributed by atoms with Crippen molar-refractivity contribution in [2.45, 2.75) is 19.6 Å². The van der Waals surface area contributed by atoms with E-state index < -0.39 is 11.0 Å². The summed E-state index contributed by atoms with van der Waals surface area (Å²) in [7, 11) is 0. The molecule has 0 spiro atoms. The number of aryl methyl sites for hydroxylation is 1. The summed E-state index contributed by atoms with van der Waals surface area (Å²) in [5, 5.41) is 33.2. The topological polar surface area (TPSA) is 105 Å². The van der Waals surface area contributed by atoms with Gasteiger partial charge in [0.25, 0.3) is 0 Å². The van der Waals surface area contributed by atoms with Crippen LogP contribution >= 0.6 is 0 Å². The van der Waals surface area contributed by atoms with E-state index in [9.17, 15) is 15.2 Å². The van der Waals surface area contributed by atoms with Crippen LogP contribution in [0.2, 0.25) is 0 Å². The van der Waals surface area contributed by atoms with Crippen molar-refractivity contribution in [1.82, 2.24) is 9.78 Å². The molecule has 7 heteroatoms. The van der Waals surface area contributed by atoms with Gasteiger partial charge in [-0.2, -0.15) is 9.94 Å². The first kappa shape index (κ1) is 13.7. The molecule has 1 atom stereocenters. The summed E-state index contributed by atoms with van der Waals surface area (Å²) >= 11 is 0. The largest absolute Gasteiger partial charge is 0.390 e. The van der Waals surface area contributed by atoms with Gasteiger partial charge < -0.3 is 15.2 Å². The normalized spacial score (nSPS) is 11.8. The molecule has 0 fully saturated rings. The molecule has 2 rings (SSSR count). The van der Waals surface area contributed by atoms with Crippen molar-refractivity contribution in [3.8, 4) is 6.07 Å². The van der Waals surface area contributed by atoms with E-state index in [0.29, 0.717) is 16.8 Å². The molecule has 0 saturated carbocycles. The van der Waals surface area contributed by atoms with Crippen LogP contribution in [0.25, 0.3) is 0 Å². The van der Waals surface area contributed by atoms with Crippen LogP contribution in [0.5, 0.6) is 0 Å². The lowest BCUT2D eigenvalue weighted by Crippen LogP contribution is -2.11. The predicted octanol–water partition coefficient (Wildman–Crippen LogP) is 1.70. The summed E-state index contributed by atoms with van der Waals surface area (Å²) in [5.74, 6) is -0.241. The van der Waals surface area contributed by atoms with Crippen LogP contribution in [0.3, 0.4) is 0 Å². The smallest absolute Gasteiger partial charge is 0.386 e. The van der Waals surface area contributed by atoms with E-state index in [1.165, 1.54) is 10.7 Å². The van der Waals surface area contributed by atoms with Crippen LogP contribution in [-0.4, -0.2) is 19.8 Å². The summed E-state index contributed by atoms with van der Waals surface area (Å²) in [5.41, 5.74) is 1.73. The first-order valence-corrected chi connectivity index (χ1v) is 5.88. The van der Waals surface area contributed by atoms with Crippen LogP contribution in [-0.2, 0) is 6.54 Å². The van der Waals surface area contributed by atoms with Gasteiger partial charge in [0, 0.05) is 0 Å². The van der Waals surface area contributed by atoms with E-state index in [2.05, 4.69) is 5.10 Å². The minimum Gasteiger partial charge on any atom is -0.386 e. The Hall–Kier alpha value is -2.72. The zero-order valence-electron chi connectivity index (χ0n) is 10.7. The molecule has 0 aliphatic rings. The van der Waals surface area contributed by atoms with E-state index in [4.69, 9.17) is 5.26 Å². The van der Waals surface area contributed by atoms with E-state index in [1.807, 2.05) is 6.07 Å². The highest BCUT2D eigenvalue weighted by atomic mass is 16.6. The summed E-state index contributed by atoms with van der Waals surface area (Å²) in [4.78, 5) is 10.1. The van der Waals surface area contributed by atoms with Crippen LogP contribution in [0, 0.1) is 28.4 Å². The van der Waals surface area contributed by atoms with Crippen molar-refractivity contribution in [3.05, 3.63) is 57.3 Å². The molecule has 0 bridgehead atoms. The molecule has 20 heavy (non-hydrogen) atoms. The van der Waals surface area contributed by atoms with Crippen molar-refractivity contribution in [1.29, 1.82) is 5.26 Å². The number of hydrogen-bond acceptors (Lipinski definition) is 5.